The molecule has 0 aromatic carbocycles. The van der Waals surface area contributed by atoms with Crippen LogP contribution in [0.4, 0.5) is 0 Å². The van der Waals surface area contributed by atoms with Crippen LogP contribution in [0.1, 0.15) is 123 Å². The van der Waals surface area contributed by atoms with Gasteiger partial charge in [0, 0.05) is 0 Å². The average Bonchev–Trinajstić information content (AvgIpc) is 2.83. The molecule has 0 heterocycles. The molecule has 0 aliphatic heterocycles. The molecule has 0 radical (unpaired) electrons. The lowest BCUT2D eigenvalue weighted by Crippen LogP contribution is -2.47. The standard InChI is InChI=1S/C28H54O8/c1-22(2)16-14-12-10-8-6-4-3-5-7-9-11-13-15-17-28(27(35)36,19-24(32)21-30)25(26(33)34)18-23(31)20-29/h22-25,29-32H,3-21H2,1-2H3,(H,33,34)(H,35,36). The van der Waals surface area contributed by atoms with E-state index < -0.39 is 61.5 Å². The van der Waals surface area contributed by atoms with Gasteiger partial charge >= 0.3 is 11.9 Å². The first kappa shape index (κ1) is 34.8. The van der Waals surface area contributed by atoms with Crippen molar-refractivity contribution in [1.82, 2.24) is 0 Å². The number of aliphatic hydroxyl groups is 4. The fourth-order valence-electron chi connectivity index (χ4n) is 5.09. The second-order valence-electron chi connectivity index (χ2n) is 11.0. The van der Waals surface area contributed by atoms with Crippen LogP contribution >= 0.6 is 0 Å². The Morgan fingerprint density at radius 3 is 1.44 bits per heavy atom. The molecular formula is C28H54O8. The Labute approximate surface area is 218 Å². The van der Waals surface area contributed by atoms with Crippen molar-refractivity contribution >= 4 is 11.9 Å². The van der Waals surface area contributed by atoms with E-state index in [0.29, 0.717) is 6.42 Å². The Kier molecular flexibility index (Phi) is 20.1. The molecule has 0 bridgehead atoms. The Bertz CT molecular complexity index is 568. The molecule has 0 amide bonds. The van der Waals surface area contributed by atoms with Gasteiger partial charge in [-0.2, -0.15) is 0 Å². The van der Waals surface area contributed by atoms with E-state index in [1.54, 1.807) is 0 Å². The molecule has 0 rings (SSSR count). The topological polar surface area (TPSA) is 156 Å². The zero-order valence-electron chi connectivity index (χ0n) is 22.7. The summed E-state index contributed by atoms with van der Waals surface area (Å²) in [6, 6.07) is 0. The Balaban J connectivity index is 4.42. The second-order valence-corrected chi connectivity index (χ2v) is 11.0. The van der Waals surface area contributed by atoms with Gasteiger partial charge in [0.05, 0.1) is 36.8 Å². The predicted molar refractivity (Wildman–Crippen MR) is 141 cm³/mol. The summed E-state index contributed by atoms with van der Waals surface area (Å²) in [5.74, 6) is -3.46. The number of rotatable bonds is 25. The molecule has 4 unspecified atom stereocenters. The van der Waals surface area contributed by atoms with Crippen molar-refractivity contribution in [2.75, 3.05) is 13.2 Å². The van der Waals surface area contributed by atoms with Gasteiger partial charge in [0.2, 0.25) is 0 Å². The summed E-state index contributed by atoms with van der Waals surface area (Å²) in [4.78, 5) is 24.2. The minimum Gasteiger partial charge on any atom is -0.481 e. The third kappa shape index (κ3) is 15.1. The van der Waals surface area contributed by atoms with Crippen molar-refractivity contribution < 1.29 is 40.2 Å². The number of unbranched alkanes of at least 4 members (excludes halogenated alkanes) is 12. The number of carbonyl (C=O) groups is 2. The van der Waals surface area contributed by atoms with Crippen LogP contribution in [0, 0.1) is 17.3 Å². The van der Waals surface area contributed by atoms with Crippen LogP contribution in [-0.2, 0) is 9.59 Å². The summed E-state index contributed by atoms with van der Waals surface area (Å²) in [5.41, 5.74) is -1.83. The van der Waals surface area contributed by atoms with E-state index >= 15 is 0 Å². The van der Waals surface area contributed by atoms with Gasteiger partial charge in [0.15, 0.2) is 0 Å². The first-order valence-electron chi connectivity index (χ1n) is 14.1. The highest BCUT2D eigenvalue weighted by Gasteiger charge is 2.50. The van der Waals surface area contributed by atoms with Crippen LogP contribution in [0.15, 0.2) is 0 Å². The molecule has 36 heavy (non-hydrogen) atoms. The number of aliphatic carboxylic acids is 2. The van der Waals surface area contributed by atoms with Crippen LogP contribution < -0.4 is 0 Å². The van der Waals surface area contributed by atoms with Crippen LogP contribution in [0.3, 0.4) is 0 Å². The van der Waals surface area contributed by atoms with E-state index in [0.717, 1.165) is 31.6 Å². The van der Waals surface area contributed by atoms with Gasteiger partial charge in [-0.3, -0.25) is 9.59 Å². The SMILES string of the molecule is CC(C)CCCCCCCCCCCCCCCC(CC(O)CO)(C(=O)O)C(CC(O)CO)C(=O)O. The quantitative estimate of drug-likeness (QED) is 0.0946. The molecule has 0 saturated heterocycles. The van der Waals surface area contributed by atoms with Crippen molar-refractivity contribution in [2.45, 2.75) is 135 Å². The molecule has 8 nitrogen and oxygen atoms in total. The maximum absolute atomic E-state index is 12.3. The largest absolute Gasteiger partial charge is 0.481 e. The lowest BCUT2D eigenvalue weighted by atomic mass is 9.66. The van der Waals surface area contributed by atoms with E-state index in [2.05, 4.69) is 13.8 Å². The van der Waals surface area contributed by atoms with Gasteiger partial charge in [-0.15, -0.1) is 0 Å². The van der Waals surface area contributed by atoms with Crippen LogP contribution in [-0.4, -0.2) is 68.0 Å². The fraction of sp³-hybridized carbons (Fsp3) is 0.929. The molecular weight excluding hydrogens is 464 g/mol. The molecule has 0 aromatic rings. The molecule has 214 valence electrons. The number of carboxylic acids is 2. The van der Waals surface area contributed by atoms with Crippen LogP contribution in [0.25, 0.3) is 0 Å². The van der Waals surface area contributed by atoms with Crippen molar-refractivity contribution in [3.05, 3.63) is 0 Å². The maximum atomic E-state index is 12.3. The first-order valence-corrected chi connectivity index (χ1v) is 14.1. The van der Waals surface area contributed by atoms with Gasteiger partial charge in [-0.1, -0.05) is 104 Å². The van der Waals surface area contributed by atoms with Crippen molar-refractivity contribution in [3.8, 4) is 0 Å². The molecule has 0 aromatic heterocycles. The van der Waals surface area contributed by atoms with Gasteiger partial charge in [-0.25, -0.2) is 0 Å². The third-order valence-electron chi connectivity index (χ3n) is 7.32. The zero-order chi connectivity index (χ0) is 27.4. The van der Waals surface area contributed by atoms with E-state index in [1.165, 1.54) is 57.8 Å². The van der Waals surface area contributed by atoms with E-state index in [4.69, 9.17) is 5.11 Å². The van der Waals surface area contributed by atoms with E-state index in [-0.39, 0.29) is 6.42 Å². The number of aliphatic hydroxyl groups excluding tert-OH is 4. The molecule has 0 spiro atoms. The highest BCUT2D eigenvalue weighted by molar-refractivity contribution is 5.83. The van der Waals surface area contributed by atoms with Crippen molar-refractivity contribution in [3.63, 3.8) is 0 Å². The van der Waals surface area contributed by atoms with Gasteiger partial charge in [-0.05, 0) is 25.2 Å². The Morgan fingerprint density at radius 1 is 0.667 bits per heavy atom. The number of hydrogen-bond donors (Lipinski definition) is 6. The highest BCUT2D eigenvalue weighted by Crippen LogP contribution is 2.42. The number of hydrogen-bond acceptors (Lipinski definition) is 6. The minimum absolute atomic E-state index is 0.0195. The molecule has 8 heteroatoms. The molecule has 0 aliphatic rings. The van der Waals surface area contributed by atoms with Crippen molar-refractivity contribution in [1.29, 1.82) is 0 Å². The summed E-state index contributed by atoms with van der Waals surface area (Å²) in [6.45, 7) is 3.19. The van der Waals surface area contributed by atoms with Crippen molar-refractivity contribution in [2.24, 2.45) is 17.3 Å². The van der Waals surface area contributed by atoms with Gasteiger partial charge < -0.3 is 30.6 Å². The normalized spacial score (nSPS) is 16.0. The van der Waals surface area contributed by atoms with E-state index in [9.17, 15) is 35.1 Å². The monoisotopic (exact) mass is 518 g/mol. The summed E-state index contributed by atoms with van der Waals surface area (Å²) < 4.78 is 0. The highest BCUT2D eigenvalue weighted by atomic mass is 16.4. The fourth-order valence-corrected chi connectivity index (χ4v) is 5.09. The summed E-state index contributed by atoms with van der Waals surface area (Å²) >= 11 is 0. The Morgan fingerprint density at radius 2 is 1.08 bits per heavy atom. The molecule has 6 N–H and O–H groups in total. The van der Waals surface area contributed by atoms with Crippen LogP contribution in [0.5, 0.6) is 0 Å². The molecule has 0 fully saturated rings. The van der Waals surface area contributed by atoms with Crippen LogP contribution in [0.2, 0.25) is 0 Å². The molecule has 0 aliphatic carbocycles. The van der Waals surface area contributed by atoms with E-state index in [1.807, 2.05) is 0 Å². The predicted octanol–water partition coefficient (Wildman–Crippen LogP) is 4.75. The average molecular weight is 519 g/mol. The van der Waals surface area contributed by atoms with Gasteiger partial charge in [0.1, 0.15) is 0 Å². The first-order chi connectivity index (χ1) is 17.1. The lowest BCUT2D eigenvalue weighted by Gasteiger charge is -2.37. The zero-order valence-corrected chi connectivity index (χ0v) is 22.7. The number of carboxylic acid groups (broad SMARTS) is 2. The smallest absolute Gasteiger partial charge is 0.310 e. The second kappa shape index (κ2) is 20.8. The Hall–Kier alpha value is -1.22. The summed E-state index contributed by atoms with van der Waals surface area (Å²) in [6.07, 6.45) is 12.4. The maximum Gasteiger partial charge on any atom is 0.310 e. The lowest BCUT2D eigenvalue weighted by molar-refractivity contribution is -0.168. The molecule has 4 atom stereocenters. The molecule has 0 saturated carbocycles. The van der Waals surface area contributed by atoms with Gasteiger partial charge in [0.25, 0.3) is 0 Å². The summed E-state index contributed by atoms with van der Waals surface area (Å²) in [7, 11) is 0. The third-order valence-corrected chi connectivity index (χ3v) is 7.32. The summed E-state index contributed by atoms with van der Waals surface area (Å²) in [5, 5.41) is 57.9. The minimum atomic E-state index is -1.83.